The molecular formula is C32H35F3N4O3. The number of anilines is 3. The van der Waals surface area contributed by atoms with Gasteiger partial charge in [0, 0.05) is 49.2 Å². The monoisotopic (exact) mass is 580 g/mol. The van der Waals surface area contributed by atoms with E-state index in [4.69, 9.17) is 4.74 Å². The van der Waals surface area contributed by atoms with Crippen molar-refractivity contribution in [2.75, 3.05) is 48.4 Å². The average molecular weight is 581 g/mol. The van der Waals surface area contributed by atoms with Gasteiger partial charge in [-0.2, -0.15) is 13.2 Å². The van der Waals surface area contributed by atoms with Gasteiger partial charge in [0.1, 0.15) is 5.75 Å². The number of halogens is 3. The number of ether oxygens (including phenoxy) is 1. The van der Waals surface area contributed by atoms with E-state index in [1.165, 1.54) is 6.42 Å². The molecule has 0 unspecified atom stereocenters. The van der Waals surface area contributed by atoms with E-state index >= 15 is 0 Å². The molecule has 5 rings (SSSR count). The predicted molar refractivity (Wildman–Crippen MR) is 158 cm³/mol. The molecule has 1 aliphatic carbocycles. The van der Waals surface area contributed by atoms with Gasteiger partial charge in [-0.1, -0.05) is 31.4 Å². The summed E-state index contributed by atoms with van der Waals surface area (Å²) in [5.41, 5.74) is 1.91. The Bertz CT molecular complexity index is 1400. The zero-order chi connectivity index (χ0) is 29.7. The number of benzene rings is 3. The SMILES string of the molecule is COc1ccccc1N1CCN(c2ccc(NC(=O)c3ccc(C(F)(F)F)cc3)cc2C(=O)NC2CCCCC2)CC1. The fourth-order valence-electron chi connectivity index (χ4n) is 5.67. The lowest BCUT2D eigenvalue weighted by Crippen LogP contribution is -2.47. The van der Waals surface area contributed by atoms with E-state index in [1.54, 1.807) is 19.2 Å². The van der Waals surface area contributed by atoms with E-state index in [0.29, 0.717) is 24.3 Å². The van der Waals surface area contributed by atoms with Crippen LogP contribution in [0.15, 0.2) is 66.7 Å². The minimum absolute atomic E-state index is 0.0905. The second-order valence-electron chi connectivity index (χ2n) is 10.7. The van der Waals surface area contributed by atoms with E-state index in [0.717, 1.165) is 80.2 Å². The van der Waals surface area contributed by atoms with Crippen molar-refractivity contribution in [2.45, 2.75) is 44.3 Å². The molecule has 2 fully saturated rings. The number of rotatable bonds is 7. The number of piperazine rings is 1. The summed E-state index contributed by atoms with van der Waals surface area (Å²) in [4.78, 5) is 30.9. The van der Waals surface area contributed by atoms with Crippen molar-refractivity contribution in [1.82, 2.24) is 5.32 Å². The van der Waals surface area contributed by atoms with E-state index in [2.05, 4.69) is 20.4 Å². The molecule has 1 aliphatic heterocycles. The highest BCUT2D eigenvalue weighted by Crippen LogP contribution is 2.32. The molecule has 1 saturated carbocycles. The van der Waals surface area contributed by atoms with E-state index in [1.807, 2.05) is 30.3 Å². The lowest BCUT2D eigenvalue weighted by Gasteiger charge is -2.38. The number of nitrogens with one attached hydrogen (secondary N) is 2. The molecule has 42 heavy (non-hydrogen) atoms. The predicted octanol–water partition coefficient (Wildman–Crippen LogP) is 6.36. The van der Waals surface area contributed by atoms with Gasteiger partial charge in [-0.25, -0.2) is 0 Å². The van der Waals surface area contributed by atoms with E-state index in [-0.39, 0.29) is 17.5 Å². The van der Waals surface area contributed by atoms with Gasteiger partial charge < -0.3 is 25.2 Å². The quantitative estimate of drug-likeness (QED) is 0.341. The fraction of sp³-hybridized carbons (Fsp3) is 0.375. The molecule has 222 valence electrons. The minimum Gasteiger partial charge on any atom is -0.495 e. The third-order valence-electron chi connectivity index (χ3n) is 7.96. The van der Waals surface area contributed by atoms with Crippen LogP contribution in [0, 0.1) is 0 Å². The van der Waals surface area contributed by atoms with Crippen LogP contribution in [-0.2, 0) is 6.18 Å². The number of carbonyl (C=O) groups is 2. The molecule has 0 atom stereocenters. The molecular weight excluding hydrogens is 545 g/mol. The van der Waals surface area contributed by atoms with Crippen molar-refractivity contribution in [1.29, 1.82) is 0 Å². The summed E-state index contributed by atoms with van der Waals surface area (Å²) >= 11 is 0. The first kappa shape index (κ1) is 29.3. The summed E-state index contributed by atoms with van der Waals surface area (Å²) in [6.07, 6.45) is 0.702. The minimum atomic E-state index is -4.48. The topological polar surface area (TPSA) is 73.9 Å². The third-order valence-corrected chi connectivity index (χ3v) is 7.96. The first-order valence-electron chi connectivity index (χ1n) is 14.3. The number of amides is 2. The maximum atomic E-state index is 13.6. The van der Waals surface area contributed by atoms with Crippen LogP contribution in [0.25, 0.3) is 0 Å². The van der Waals surface area contributed by atoms with Gasteiger partial charge in [0.05, 0.1) is 23.9 Å². The van der Waals surface area contributed by atoms with Crippen molar-refractivity contribution in [3.8, 4) is 5.75 Å². The summed E-state index contributed by atoms with van der Waals surface area (Å²) in [6.45, 7) is 2.82. The highest BCUT2D eigenvalue weighted by atomic mass is 19.4. The molecule has 1 saturated heterocycles. The molecule has 0 bridgehead atoms. The lowest BCUT2D eigenvalue weighted by molar-refractivity contribution is -0.137. The van der Waals surface area contributed by atoms with Gasteiger partial charge in [-0.15, -0.1) is 0 Å². The Kier molecular flexibility index (Phi) is 8.89. The Labute approximate surface area is 243 Å². The van der Waals surface area contributed by atoms with Gasteiger partial charge in [-0.3, -0.25) is 9.59 Å². The van der Waals surface area contributed by atoms with Crippen LogP contribution in [0.2, 0.25) is 0 Å². The van der Waals surface area contributed by atoms with Crippen LogP contribution in [0.4, 0.5) is 30.2 Å². The maximum absolute atomic E-state index is 13.6. The number of methoxy groups -OCH3 is 1. The van der Waals surface area contributed by atoms with Crippen molar-refractivity contribution >= 4 is 28.9 Å². The number of hydrogen-bond acceptors (Lipinski definition) is 5. The molecule has 0 radical (unpaired) electrons. The number of hydrogen-bond donors (Lipinski definition) is 2. The number of carbonyl (C=O) groups excluding carboxylic acids is 2. The number of nitrogens with zero attached hydrogens (tertiary/aromatic N) is 2. The Morgan fingerprint density at radius 1 is 0.810 bits per heavy atom. The summed E-state index contributed by atoms with van der Waals surface area (Å²) in [7, 11) is 1.66. The maximum Gasteiger partial charge on any atom is 0.416 e. The first-order chi connectivity index (χ1) is 20.2. The molecule has 2 amide bonds. The van der Waals surface area contributed by atoms with Gasteiger partial charge >= 0.3 is 6.18 Å². The second-order valence-corrected chi connectivity index (χ2v) is 10.7. The summed E-state index contributed by atoms with van der Waals surface area (Å²) in [5, 5.41) is 5.93. The standard InChI is InChI=1S/C32H35F3N4O3/c1-42-29-10-6-5-9-28(29)39-19-17-38(18-20-39)27-16-15-25(21-26(27)31(41)36-24-7-3-2-4-8-24)37-30(40)22-11-13-23(14-12-22)32(33,34)35/h5-6,9-16,21,24H,2-4,7-8,17-20H2,1H3,(H,36,41)(H,37,40). The highest BCUT2D eigenvalue weighted by Gasteiger charge is 2.30. The Hall–Kier alpha value is -4.21. The van der Waals surface area contributed by atoms with Crippen LogP contribution < -0.4 is 25.2 Å². The van der Waals surface area contributed by atoms with Crippen molar-refractivity contribution in [2.24, 2.45) is 0 Å². The Morgan fingerprint density at radius 2 is 1.45 bits per heavy atom. The lowest BCUT2D eigenvalue weighted by atomic mass is 9.95. The molecule has 0 aromatic heterocycles. The van der Waals surface area contributed by atoms with Gasteiger partial charge in [0.25, 0.3) is 11.8 Å². The highest BCUT2D eigenvalue weighted by molar-refractivity contribution is 6.06. The summed E-state index contributed by atoms with van der Waals surface area (Å²) in [6, 6.07) is 17.3. The van der Waals surface area contributed by atoms with Gasteiger partial charge in [-0.05, 0) is 67.4 Å². The molecule has 10 heteroatoms. The molecule has 7 nitrogen and oxygen atoms in total. The Balaban J connectivity index is 1.35. The molecule has 1 heterocycles. The van der Waals surface area contributed by atoms with E-state index in [9.17, 15) is 22.8 Å². The molecule has 3 aromatic carbocycles. The molecule has 2 aliphatic rings. The summed E-state index contributed by atoms with van der Waals surface area (Å²) in [5.74, 6) is 0.0573. The van der Waals surface area contributed by atoms with Crippen LogP contribution in [0.5, 0.6) is 5.75 Å². The first-order valence-corrected chi connectivity index (χ1v) is 14.3. The zero-order valence-corrected chi connectivity index (χ0v) is 23.5. The van der Waals surface area contributed by atoms with Crippen LogP contribution in [-0.4, -0.2) is 51.1 Å². The van der Waals surface area contributed by atoms with Crippen molar-refractivity contribution < 1.29 is 27.5 Å². The van der Waals surface area contributed by atoms with Crippen LogP contribution in [0.1, 0.15) is 58.4 Å². The molecule has 2 N–H and O–H groups in total. The van der Waals surface area contributed by atoms with Gasteiger partial charge in [0.15, 0.2) is 0 Å². The average Bonchev–Trinajstić information content (AvgIpc) is 3.01. The fourth-order valence-corrected chi connectivity index (χ4v) is 5.67. The van der Waals surface area contributed by atoms with Crippen molar-refractivity contribution in [3.63, 3.8) is 0 Å². The third kappa shape index (κ3) is 6.80. The van der Waals surface area contributed by atoms with Crippen LogP contribution >= 0.6 is 0 Å². The Morgan fingerprint density at radius 3 is 2.10 bits per heavy atom. The van der Waals surface area contributed by atoms with E-state index < -0.39 is 17.6 Å². The largest absolute Gasteiger partial charge is 0.495 e. The normalized spacial score (nSPS) is 16.2. The number of alkyl halides is 3. The van der Waals surface area contributed by atoms with Crippen molar-refractivity contribution in [3.05, 3.63) is 83.4 Å². The van der Waals surface area contributed by atoms with Crippen LogP contribution in [0.3, 0.4) is 0 Å². The molecule has 0 spiro atoms. The summed E-state index contributed by atoms with van der Waals surface area (Å²) < 4.78 is 44.4. The second kappa shape index (κ2) is 12.8. The zero-order valence-electron chi connectivity index (χ0n) is 23.5. The van der Waals surface area contributed by atoms with Gasteiger partial charge in [0.2, 0.25) is 0 Å². The number of para-hydroxylation sites is 2. The smallest absolute Gasteiger partial charge is 0.416 e. The molecule has 3 aromatic rings.